The van der Waals surface area contributed by atoms with Gasteiger partial charge >= 0.3 is 6.03 Å². The molecular formula is C18H21FN2O3. The lowest BCUT2D eigenvalue weighted by atomic mass is 10.1. The fourth-order valence-electron chi connectivity index (χ4n) is 2.29. The molecule has 1 unspecified atom stereocenters. The highest BCUT2D eigenvalue weighted by atomic mass is 19.1. The monoisotopic (exact) mass is 332 g/mol. The summed E-state index contributed by atoms with van der Waals surface area (Å²) >= 11 is 0. The molecular weight excluding hydrogens is 311 g/mol. The van der Waals surface area contributed by atoms with Crippen molar-refractivity contribution in [2.45, 2.75) is 12.6 Å². The van der Waals surface area contributed by atoms with Gasteiger partial charge in [0.2, 0.25) is 0 Å². The van der Waals surface area contributed by atoms with Crippen molar-refractivity contribution in [2.24, 2.45) is 0 Å². The van der Waals surface area contributed by atoms with E-state index in [0.29, 0.717) is 18.8 Å². The summed E-state index contributed by atoms with van der Waals surface area (Å²) in [6, 6.07) is 13.1. The smallest absolute Gasteiger partial charge is 0.315 e. The summed E-state index contributed by atoms with van der Waals surface area (Å²) in [6.45, 7) is 0.616. The van der Waals surface area contributed by atoms with Gasteiger partial charge in [-0.3, -0.25) is 0 Å². The largest absolute Gasteiger partial charge is 0.496 e. The number of benzene rings is 2. The van der Waals surface area contributed by atoms with Crippen LogP contribution < -0.4 is 15.4 Å². The van der Waals surface area contributed by atoms with Gasteiger partial charge in [0, 0.05) is 25.8 Å². The van der Waals surface area contributed by atoms with Crippen LogP contribution in [0, 0.1) is 5.82 Å². The molecule has 0 aliphatic carbocycles. The summed E-state index contributed by atoms with van der Waals surface area (Å²) < 4.78 is 23.6. The Labute approximate surface area is 140 Å². The summed E-state index contributed by atoms with van der Waals surface area (Å²) in [6.07, 6.45) is -0.322. The van der Waals surface area contributed by atoms with E-state index in [1.807, 2.05) is 24.3 Å². The molecule has 0 fully saturated rings. The number of ether oxygens (including phenoxy) is 2. The van der Waals surface area contributed by atoms with Gasteiger partial charge in [-0.1, -0.05) is 30.3 Å². The van der Waals surface area contributed by atoms with Crippen LogP contribution in [0.1, 0.15) is 17.2 Å². The van der Waals surface area contributed by atoms with Crippen molar-refractivity contribution in [1.29, 1.82) is 0 Å². The lowest BCUT2D eigenvalue weighted by Gasteiger charge is -2.19. The predicted octanol–water partition coefficient (Wildman–Crippen LogP) is 3.02. The zero-order valence-corrected chi connectivity index (χ0v) is 13.7. The number of carbonyl (C=O) groups excluding carboxylic acids is 1. The first kappa shape index (κ1) is 17.7. The number of rotatable bonds is 7. The Morgan fingerprint density at radius 2 is 1.79 bits per heavy atom. The van der Waals surface area contributed by atoms with Crippen LogP contribution in [0.4, 0.5) is 9.18 Å². The maximum Gasteiger partial charge on any atom is 0.315 e. The summed E-state index contributed by atoms with van der Waals surface area (Å²) in [5.74, 6) is 0.404. The number of amides is 2. The average Bonchev–Trinajstić information content (AvgIpc) is 2.62. The maximum atomic E-state index is 12.8. The van der Waals surface area contributed by atoms with Gasteiger partial charge in [-0.25, -0.2) is 9.18 Å². The summed E-state index contributed by atoms with van der Waals surface area (Å²) in [5, 5.41) is 5.48. The Morgan fingerprint density at radius 1 is 1.08 bits per heavy atom. The molecule has 0 spiro atoms. The molecule has 1 atom stereocenters. The van der Waals surface area contributed by atoms with Crippen LogP contribution in [0.2, 0.25) is 0 Å². The molecule has 24 heavy (non-hydrogen) atoms. The van der Waals surface area contributed by atoms with E-state index in [1.54, 1.807) is 26.4 Å². The van der Waals surface area contributed by atoms with Crippen LogP contribution >= 0.6 is 0 Å². The lowest BCUT2D eigenvalue weighted by molar-refractivity contribution is 0.101. The lowest BCUT2D eigenvalue weighted by Crippen LogP contribution is -2.37. The molecule has 2 aromatic carbocycles. The van der Waals surface area contributed by atoms with Crippen LogP contribution in [0.15, 0.2) is 48.5 Å². The summed E-state index contributed by atoms with van der Waals surface area (Å²) in [4.78, 5) is 11.9. The minimum absolute atomic E-state index is 0.298. The minimum Gasteiger partial charge on any atom is -0.496 e. The van der Waals surface area contributed by atoms with Crippen molar-refractivity contribution < 1.29 is 18.7 Å². The second-order valence-corrected chi connectivity index (χ2v) is 5.16. The predicted molar refractivity (Wildman–Crippen MR) is 89.4 cm³/mol. The molecule has 0 bridgehead atoms. The van der Waals surface area contributed by atoms with Crippen LogP contribution in [-0.2, 0) is 11.3 Å². The number of para-hydroxylation sites is 1. The van der Waals surface area contributed by atoms with Crippen molar-refractivity contribution in [3.8, 4) is 5.75 Å². The molecule has 0 aliphatic rings. The fourth-order valence-corrected chi connectivity index (χ4v) is 2.29. The van der Waals surface area contributed by atoms with Gasteiger partial charge < -0.3 is 20.1 Å². The van der Waals surface area contributed by atoms with Crippen LogP contribution in [-0.4, -0.2) is 26.8 Å². The van der Waals surface area contributed by atoms with Gasteiger partial charge in [0.1, 0.15) is 17.7 Å². The van der Waals surface area contributed by atoms with Gasteiger partial charge in [0.15, 0.2) is 0 Å². The van der Waals surface area contributed by atoms with Crippen molar-refractivity contribution >= 4 is 6.03 Å². The third-order valence-electron chi connectivity index (χ3n) is 3.58. The first-order valence-corrected chi connectivity index (χ1v) is 7.56. The van der Waals surface area contributed by atoms with Crippen LogP contribution in [0.3, 0.4) is 0 Å². The van der Waals surface area contributed by atoms with E-state index < -0.39 is 0 Å². The van der Waals surface area contributed by atoms with Crippen molar-refractivity contribution in [3.05, 3.63) is 65.5 Å². The van der Waals surface area contributed by atoms with Gasteiger partial charge in [0.25, 0.3) is 0 Å². The van der Waals surface area contributed by atoms with Gasteiger partial charge in [-0.15, -0.1) is 0 Å². The topological polar surface area (TPSA) is 59.6 Å². The highest BCUT2D eigenvalue weighted by Gasteiger charge is 2.16. The molecule has 2 amide bonds. The van der Waals surface area contributed by atoms with E-state index >= 15 is 0 Å². The zero-order valence-electron chi connectivity index (χ0n) is 13.7. The first-order valence-electron chi connectivity index (χ1n) is 7.56. The van der Waals surface area contributed by atoms with Crippen molar-refractivity contribution in [2.75, 3.05) is 20.8 Å². The van der Waals surface area contributed by atoms with E-state index in [4.69, 9.17) is 9.47 Å². The molecule has 0 aromatic heterocycles. The summed E-state index contributed by atoms with van der Waals surface area (Å²) in [7, 11) is 3.17. The van der Waals surface area contributed by atoms with Gasteiger partial charge in [-0.05, 0) is 23.8 Å². The second-order valence-electron chi connectivity index (χ2n) is 5.16. The number of halogens is 1. The molecule has 128 valence electrons. The highest BCUT2D eigenvalue weighted by molar-refractivity contribution is 5.73. The third kappa shape index (κ3) is 4.96. The quantitative estimate of drug-likeness (QED) is 0.819. The number of urea groups is 1. The molecule has 2 aromatic rings. The van der Waals surface area contributed by atoms with Crippen molar-refractivity contribution in [1.82, 2.24) is 10.6 Å². The Morgan fingerprint density at radius 3 is 2.46 bits per heavy atom. The van der Waals surface area contributed by atoms with E-state index in [0.717, 1.165) is 11.1 Å². The second kappa shape index (κ2) is 8.88. The molecule has 0 heterocycles. The molecule has 2 rings (SSSR count). The third-order valence-corrected chi connectivity index (χ3v) is 3.58. The Hall–Kier alpha value is -2.60. The van der Waals surface area contributed by atoms with E-state index in [9.17, 15) is 9.18 Å². The zero-order chi connectivity index (χ0) is 17.4. The standard InChI is InChI=1S/C18H21FN2O3/c1-23-16-6-4-3-5-15(16)17(24-2)12-21-18(22)20-11-13-7-9-14(19)10-8-13/h3-10,17H,11-12H2,1-2H3,(H2,20,21,22). The first-order chi connectivity index (χ1) is 11.6. The molecule has 6 heteroatoms. The number of hydrogen-bond donors (Lipinski definition) is 2. The number of nitrogens with one attached hydrogen (secondary N) is 2. The van der Waals surface area contributed by atoms with E-state index in [1.165, 1.54) is 12.1 Å². The van der Waals surface area contributed by atoms with Crippen LogP contribution in [0.5, 0.6) is 5.75 Å². The molecule has 0 saturated heterocycles. The molecule has 0 saturated carbocycles. The summed E-state index contributed by atoms with van der Waals surface area (Å²) in [5.41, 5.74) is 1.68. The molecule has 0 aliphatic heterocycles. The molecule has 0 radical (unpaired) electrons. The van der Waals surface area contributed by atoms with Gasteiger partial charge in [-0.2, -0.15) is 0 Å². The Bertz CT molecular complexity index is 662. The van der Waals surface area contributed by atoms with E-state index in [-0.39, 0.29) is 18.0 Å². The highest BCUT2D eigenvalue weighted by Crippen LogP contribution is 2.26. The maximum absolute atomic E-state index is 12.8. The Balaban J connectivity index is 1.86. The Kier molecular flexibility index (Phi) is 6.57. The normalized spacial score (nSPS) is 11.6. The van der Waals surface area contributed by atoms with Crippen molar-refractivity contribution in [3.63, 3.8) is 0 Å². The number of methoxy groups -OCH3 is 2. The SMILES string of the molecule is COc1ccccc1C(CNC(=O)NCc1ccc(F)cc1)OC. The van der Waals surface area contributed by atoms with Gasteiger partial charge in [0.05, 0.1) is 7.11 Å². The molecule has 2 N–H and O–H groups in total. The number of hydrogen-bond acceptors (Lipinski definition) is 3. The fraction of sp³-hybridized carbons (Fsp3) is 0.278. The minimum atomic E-state index is -0.323. The van der Waals surface area contributed by atoms with Crippen LogP contribution in [0.25, 0.3) is 0 Å². The molecule has 5 nitrogen and oxygen atoms in total. The average molecular weight is 332 g/mol. The van der Waals surface area contributed by atoms with E-state index in [2.05, 4.69) is 10.6 Å². The number of carbonyl (C=O) groups is 1.